The van der Waals surface area contributed by atoms with Crippen molar-refractivity contribution in [1.82, 2.24) is 39.3 Å². The number of methoxy groups -OCH3 is 1. The molecule has 0 spiro atoms. The van der Waals surface area contributed by atoms with E-state index in [2.05, 4.69) is 58.6 Å². The van der Waals surface area contributed by atoms with Crippen molar-refractivity contribution in [2.75, 3.05) is 26.9 Å². The number of thiazole rings is 2. The van der Waals surface area contributed by atoms with E-state index in [0.29, 0.717) is 10.7 Å². The molecular weight excluding hydrogens is 983 g/mol. The van der Waals surface area contributed by atoms with Crippen molar-refractivity contribution < 1.29 is 33.6 Å². The monoisotopic (exact) mass is 1060 g/mol. The zero-order valence-corrected chi connectivity index (χ0v) is 44.7. The van der Waals surface area contributed by atoms with Gasteiger partial charge in [-0.25, -0.2) is 28.9 Å². The summed E-state index contributed by atoms with van der Waals surface area (Å²) in [7, 11) is 1.35. The Kier molecular flexibility index (Phi) is 20.2. The summed E-state index contributed by atoms with van der Waals surface area (Å²) in [6.45, 7) is 15.5. The van der Waals surface area contributed by atoms with Crippen molar-refractivity contribution in [1.29, 1.82) is 0 Å². The largest absolute Gasteiger partial charge is 0.476 e. The van der Waals surface area contributed by atoms with E-state index in [1.807, 2.05) is 35.3 Å². The molecule has 0 aliphatic carbocycles. The van der Waals surface area contributed by atoms with E-state index in [0.717, 1.165) is 92.5 Å². The average Bonchev–Trinajstić information content (AvgIpc) is 4.21. The Balaban J connectivity index is 0.000000165. The Morgan fingerprint density at radius 2 is 1.06 bits per heavy atom. The van der Waals surface area contributed by atoms with E-state index >= 15 is 0 Å². The van der Waals surface area contributed by atoms with Crippen LogP contribution in [-0.2, 0) is 18.9 Å². The summed E-state index contributed by atoms with van der Waals surface area (Å²) in [4.78, 5) is 31.0. The zero-order chi connectivity index (χ0) is 47.1. The van der Waals surface area contributed by atoms with Crippen LogP contribution in [0.2, 0.25) is 13.3 Å². The molecule has 8 heterocycles. The third-order valence-electron chi connectivity index (χ3n) is 12.5. The molecule has 3 aliphatic rings. The second kappa shape index (κ2) is 25.8. The van der Waals surface area contributed by atoms with Gasteiger partial charge >= 0.3 is 172 Å². The van der Waals surface area contributed by atoms with Gasteiger partial charge in [0.05, 0.1) is 18.5 Å². The molecule has 0 amide bonds. The molecule has 1 N–H and O–H groups in total. The van der Waals surface area contributed by atoms with Gasteiger partial charge in [-0.1, -0.05) is 0 Å². The molecule has 3 fully saturated rings. The van der Waals surface area contributed by atoms with Gasteiger partial charge in [-0.15, -0.1) is 22.7 Å². The van der Waals surface area contributed by atoms with Crippen LogP contribution in [0.3, 0.4) is 0 Å². The predicted octanol–water partition coefficient (Wildman–Crippen LogP) is 11.5. The molecule has 0 radical (unpaired) electrons. The number of aromatic nitrogens is 8. The molecular formula is C48H72N8O7S2Sn. The predicted molar refractivity (Wildman–Crippen MR) is 262 cm³/mol. The van der Waals surface area contributed by atoms with Crippen molar-refractivity contribution in [3.8, 4) is 21.4 Å². The number of carbonyl (C=O) groups excluding carboxylic acids is 1. The van der Waals surface area contributed by atoms with Crippen LogP contribution < -0.4 is 3.71 Å². The minimum absolute atomic E-state index is 0.0482. The van der Waals surface area contributed by atoms with Crippen molar-refractivity contribution in [2.45, 2.75) is 170 Å². The maximum atomic E-state index is 11.5. The Morgan fingerprint density at radius 1 is 0.652 bits per heavy atom. The van der Waals surface area contributed by atoms with E-state index in [9.17, 15) is 9.59 Å². The quantitative estimate of drug-likeness (QED) is 0.0691. The SMILES string of the molecule is CCC[CH2][Sn]([CH2]CCC)([CH2]CCC)[c]1cc(C)nn1C1CCCCO1.COC(=O)c1csc(-c2cc(C)nn2C2CCCCO2)n1.Cc1cc(-c2nc(C(=O)O)cs2)n(C2CCCCO2)n1. The van der Waals surface area contributed by atoms with Gasteiger partial charge in [-0.3, -0.25) is 0 Å². The Morgan fingerprint density at radius 3 is 1.45 bits per heavy atom. The van der Waals surface area contributed by atoms with Crippen LogP contribution in [0.25, 0.3) is 21.4 Å². The van der Waals surface area contributed by atoms with Crippen molar-refractivity contribution in [3.63, 3.8) is 0 Å². The van der Waals surface area contributed by atoms with Crippen LogP contribution in [0.5, 0.6) is 0 Å². The number of ether oxygens (including phenoxy) is 4. The molecule has 8 rings (SSSR count). The van der Waals surface area contributed by atoms with Crippen molar-refractivity contribution in [3.05, 3.63) is 57.4 Å². The maximum absolute atomic E-state index is 11.5. The zero-order valence-electron chi connectivity index (χ0n) is 40.3. The minimum atomic E-state index is -2.45. The Labute approximate surface area is 402 Å². The molecule has 362 valence electrons. The molecule has 0 bridgehead atoms. The smallest absolute Gasteiger partial charge is 0.357 e. The number of esters is 1. The fraction of sp³-hybridized carbons (Fsp3) is 0.646. The first kappa shape index (κ1) is 51.9. The number of nitrogens with zero attached hydrogens (tertiary/aromatic N) is 8. The van der Waals surface area contributed by atoms with E-state index < -0.39 is 30.3 Å². The van der Waals surface area contributed by atoms with E-state index in [1.54, 1.807) is 14.5 Å². The first-order chi connectivity index (χ1) is 32.0. The summed E-state index contributed by atoms with van der Waals surface area (Å²) in [6, 6.07) is 6.36. The van der Waals surface area contributed by atoms with Crippen LogP contribution in [0.1, 0.15) is 174 Å². The van der Waals surface area contributed by atoms with Crippen molar-refractivity contribution >= 4 is 56.7 Å². The van der Waals surface area contributed by atoms with E-state index in [1.165, 1.54) is 100 Å². The van der Waals surface area contributed by atoms with Gasteiger partial charge in [0.1, 0.15) is 21.4 Å². The van der Waals surface area contributed by atoms with Crippen LogP contribution in [0.4, 0.5) is 0 Å². The summed E-state index contributed by atoms with van der Waals surface area (Å²) in [6.07, 6.45) is 18.2. The van der Waals surface area contributed by atoms with Gasteiger partial charge in [-0.2, -0.15) is 10.2 Å². The van der Waals surface area contributed by atoms with Crippen LogP contribution in [-0.4, -0.2) is 102 Å². The first-order valence-corrected chi connectivity index (χ1v) is 33.5. The molecule has 3 saturated heterocycles. The van der Waals surface area contributed by atoms with Gasteiger partial charge in [-0.05, 0) is 64.5 Å². The number of rotatable bonds is 17. The van der Waals surface area contributed by atoms with E-state index in [4.69, 9.17) is 29.2 Å². The number of carboxylic acids is 1. The van der Waals surface area contributed by atoms with Crippen LogP contribution in [0, 0.1) is 20.8 Å². The summed E-state index contributed by atoms with van der Waals surface area (Å²) < 4.78 is 34.7. The summed E-state index contributed by atoms with van der Waals surface area (Å²) >= 11 is 0.278. The first-order valence-electron chi connectivity index (χ1n) is 24.3. The molecule has 3 unspecified atom stereocenters. The number of unbranched alkanes of at least 4 members (excludes halogenated alkanes) is 3. The number of aromatic carboxylic acids is 1. The van der Waals surface area contributed by atoms with Crippen LogP contribution in [0.15, 0.2) is 29.0 Å². The normalized spacial score (nSPS) is 18.8. The van der Waals surface area contributed by atoms with Crippen LogP contribution >= 0.6 is 22.7 Å². The van der Waals surface area contributed by atoms with Gasteiger partial charge in [0.2, 0.25) is 0 Å². The average molecular weight is 1060 g/mol. The summed E-state index contributed by atoms with van der Waals surface area (Å²) in [5.74, 6) is -1.43. The topological polar surface area (TPSA) is 171 Å². The van der Waals surface area contributed by atoms with Gasteiger partial charge < -0.3 is 19.3 Å². The molecule has 5 aromatic rings. The third kappa shape index (κ3) is 13.6. The second-order valence-electron chi connectivity index (χ2n) is 17.8. The molecule has 3 aliphatic heterocycles. The Bertz CT molecular complexity index is 2240. The van der Waals surface area contributed by atoms with Crippen molar-refractivity contribution in [2.24, 2.45) is 0 Å². The standard InChI is InChI=1S/C14H17N3O3S.C13H15N3O3S.C9H13N2O.3C4H9.Sn/c1-9-7-11(13-15-10(8-21-13)14(18)19-2)17(16-9)12-5-3-4-6-20-12;1-8-6-10(12-14-9(7-20-12)13(17)18)16(15-8)11-4-2-3-5-19-11;1-8-5-6-11(10-8)9-4-2-3-7-12-9;3*1-3-4-2;/h7-8,12H,3-6H2,1-2H3;6-7,11H,2-5H2,1H3,(H,17,18);5,9H,2-4,7H2,1H3;3*1,3-4H2,2H3;. The molecule has 5 aromatic heterocycles. The maximum Gasteiger partial charge on any atom is 0.357 e. The van der Waals surface area contributed by atoms with Gasteiger partial charge in [0.15, 0.2) is 23.8 Å². The molecule has 66 heavy (non-hydrogen) atoms. The number of carbonyl (C=O) groups is 2. The molecule has 15 nitrogen and oxygen atoms in total. The number of hydrogen-bond acceptors (Lipinski definition) is 13. The number of aryl methyl sites for hydroxylation is 3. The van der Waals surface area contributed by atoms with E-state index in [-0.39, 0.29) is 24.4 Å². The van der Waals surface area contributed by atoms with Gasteiger partial charge in [0, 0.05) is 24.0 Å². The number of hydrogen-bond donors (Lipinski definition) is 1. The molecule has 0 aromatic carbocycles. The third-order valence-corrected chi connectivity index (χ3v) is 29.6. The molecule has 0 saturated carbocycles. The number of carboxylic acid groups (broad SMARTS) is 1. The second-order valence-corrected chi connectivity index (χ2v) is 32.5. The Hall–Kier alpha value is -3.49. The fourth-order valence-corrected chi connectivity index (χ4v) is 27.2. The molecule has 3 atom stereocenters. The fourth-order valence-electron chi connectivity index (χ4n) is 9.06. The summed E-state index contributed by atoms with van der Waals surface area (Å²) in [5.41, 5.74) is 5.10. The summed E-state index contributed by atoms with van der Waals surface area (Å²) in [5, 5.41) is 27.6. The minimum Gasteiger partial charge on any atom is -0.476 e. The molecule has 18 heteroatoms. The van der Waals surface area contributed by atoms with Gasteiger partial charge in [0.25, 0.3) is 0 Å².